The van der Waals surface area contributed by atoms with Crippen LogP contribution in [0.15, 0.2) is 36.5 Å². The Morgan fingerprint density at radius 1 is 1.35 bits per heavy atom. The Morgan fingerprint density at radius 3 is 2.52 bits per heavy atom. The Labute approximate surface area is 130 Å². The standard InChI is InChI=1S/C15H16F3N3O2/c1-23-14(22)11(7-8-19)12-9-20-21(13(12)15(16,17)18)10-5-3-2-4-6-10/h2-6,9,11H,7-8,19H2,1H3. The van der Waals surface area contributed by atoms with Gasteiger partial charge < -0.3 is 10.5 Å². The van der Waals surface area contributed by atoms with Crippen molar-refractivity contribution in [1.29, 1.82) is 0 Å². The number of carbonyl (C=O) groups excluding carboxylic acids is 1. The molecule has 0 spiro atoms. The van der Waals surface area contributed by atoms with Gasteiger partial charge in [-0.2, -0.15) is 18.3 Å². The molecule has 0 amide bonds. The number of alkyl halides is 3. The Balaban J connectivity index is 2.61. The van der Waals surface area contributed by atoms with Crippen molar-refractivity contribution in [3.63, 3.8) is 0 Å². The molecule has 0 saturated carbocycles. The first-order valence-electron chi connectivity index (χ1n) is 6.88. The lowest BCUT2D eigenvalue weighted by Crippen LogP contribution is -2.22. The maximum Gasteiger partial charge on any atom is 0.433 e. The molecule has 1 aromatic carbocycles. The van der Waals surface area contributed by atoms with Gasteiger partial charge in [0, 0.05) is 5.56 Å². The van der Waals surface area contributed by atoms with Crippen LogP contribution < -0.4 is 5.73 Å². The van der Waals surface area contributed by atoms with Gasteiger partial charge in [0.25, 0.3) is 0 Å². The zero-order valence-corrected chi connectivity index (χ0v) is 12.4. The van der Waals surface area contributed by atoms with Crippen molar-refractivity contribution < 1.29 is 22.7 Å². The second-order valence-corrected chi connectivity index (χ2v) is 4.85. The van der Waals surface area contributed by atoms with Crippen LogP contribution in [0.5, 0.6) is 0 Å². The van der Waals surface area contributed by atoms with Crippen LogP contribution in [0.2, 0.25) is 0 Å². The quantitative estimate of drug-likeness (QED) is 0.857. The lowest BCUT2D eigenvalue weighted by molar-refractivity contribution is -0.146. The van der Waals surface area contributed by atoms with E-state index in [0.717, 1.165) is 18.0 Å². The van der Waals surface area contributed by atoms with Crippen molar-refractivity contribution in [2.45, 2.75) is 18.5 Å². The smallest absolute Gasteiger partial charge is 0.433 e. The highest BCUT2D eigenvalue weighted by Crippen LogP contribution is 2.37. The van der Waals surface area contributed by atoms with Gasteiger partial charge in [0.2, 0.25) is 0 Å². The number of hydrogen-bond acceptors (Lipinski definition) is 4. The summed E-state index contributed by atoms with van der Waals surface area (Å²) in [5, 5.41) is 3.82. The number of nitrogens with zero attached hydrogens (tertiary/aromatic N) is 2. The van der Waals surface area contributed by atoms with Gasteiger partial charge in [-0.1, -0.05) is 18.2 Å². The number of para-hydroxylation sites is 1. The van der Waals surface area contributed by atoms with Crippen molar-refractivity contribution in [3.05, 3.63) is 47.8 Å². The third-order valence-electron chi connectivity index (χ3n) is 3.38. The van der Waals surface area contributed by atoms with Crippen LogP contribution in [-0.2, 0) is 15.7 Å². The van der Waals surface area contributed by atoms with E-state index in [2.05, 4.69) is 9.84 Å². The first-order valence-corrected chi connectivity index (χ1v) is 6.88. The van der Waals surface area contributed by atoms with Gasteiger partial charge >= 0.3 is 12.1 Å². The normalized spacial score (nSPS) is 12.9. The predicted octanol–water partition coefficient (Wildman–Crippen LogP) is 2.50. The highest BCUT2D eigenvalue weighted by molar-refractivity contribution is 5.78. The van der Waals surface area contributed by atoms with Crippen LogP contribution in [0.4, 0.5) is 13.2 Å². The SMILES string of the molecule is COC(=O)C(CCN)c1cnn(-c2ccccc2)c1C(F)(F)F. The molecular weight excluding hydrogens is 311 g/mol. The van der Waals surface area contributed by atoms with E-state index in [0.29, 0.717) is 0 Å². The summed E-state index contributed by atoms with van der Waals surface area (Å²) < 4.78 is 46.0. The third kappa shape index (κ3) is 3.53. The molecule has 1 unspecified atom stereocenters. The van der Waals surface area contributed by atoms with E-state index in [1.165, 1.54) is 12.1 Å². The average Bonchev–Trinajstić information content (AvgIpc) is 2.97. The highest BCUT2D eigenvalue weighted by Gasteiger charge is 2.42. The number of esters is 1. The number of methoxy groups -OCH3 is 1. The zero-order valence-electron chi connectivity index (χ0n) is 12.4. The topological polar surface area (TPSA) is 70.1 Å². The summed E-state index contributed by atoms with van der Waals surface area (Å²) in [6.07, 6.45) is -3.59. The molecule has 0 saturated heterocycles. The van der Waals surface area contributed by atoms with E-state index in [-0.39, 0.29) is 24.2 Å². The molecule has 1 atom stereocenters. The van der Waals surface area contributed by atoms with Crippen LogP contribution in [0.1, 0.15) is 23.6 Å². The summed E-state index contributed by atoms with van der Waals surface area (Å²) in [4.78, 5) is 11.8. The van der Waals surface area contributed by atoms with Crippen molar-refractivity contribution in [2.75, 3.05) is 13.7 Å². The van der Waals surface area contributed by atoms with Gasteiger partial charge in [-0.3, -0.25) is 4.79 Å². The van der Waals surface area contributed by atoms with Crippen LogP contribution in [-0.4, -0.2) is 29.4 Å². The molecule has 5 nitrogen and oxygen atoms in total. The second kappa shape index (κ2) is 6.82. The van der Waals surface area contributed by atoms with Crippen molar-refractivity contribution in [3.8, 4) is 5.69 Å². The van der Waals surface area contributed by atoms with Gasteiger partial charge in [0.05, 0.1) is 24.9 Å². The van der Waals surface area contributed by atoms with Crippen LogP contribution in [0, 0.1) is 0 Å². The van der Waals surface area contributed by atoms with Crippen LogP contribution >= 0.6 is 0 Å². The number of nitrogens with two attached hydrogens (primary N) is 1. The molecule has 8 heteroatoms. The molecule has 124 valence electrons. The number of rotatable bonds is 5. The molecule has 2 N–H and O–H groups in total. The molecule has 0 aliphatic carbocycles. The van der Waals surface area contributed by atoms with Crippen molar-refractivity contribution in [2.24, 2.45) is 5.73 Å². The average molecular weight is 327 g/mol. The van der Waals surface area contributed by atoms with Crippen molar-refractivity contribution in [1.82, 2.24) is 9.78 Å². The largest absolute Gasteiger partial charge is 0.469 e. The number of carbonyl (C=O) groups is 1. The number of aromatic nitrogens is 2. The molecule has 0 fully saturated rings. The summed E-state index contributed by atoms with van der Waals surface area (Å²) in [6.45, 7) is 0.0492. The minimum atomic E-state index is -4.68. The van der Waals surface area contributed by atoms with E-state index in [4.69, 9.17) is 5.73 Å². The van der Waals surface area contributed by atoms with Gasteiger partial charge in [-0.05, 0) is 25.1 Å². The highest BCUT2D eigenvalue weighted by atomic mass is 19.4. The Kier molecular flexibility index (Phi) is 5.05. The van der Waals surface area contributed by atoms with E-state index >= 15 is 0 Å². The first kappa shape index (κ1) is 17.0. The molecular formula is C15H16F3N3O2. The number of benzene rings is 1. The minimum absolute atomic E-state index is 0.0379. The Morgan fingerprint density at radius 2 is 2.00 bits per heavy atom. The third-order valence-corrected chi connectivity index (χ3v) is 3.38. The molecule has 0 bridgehead atoms. The molecule has 0 aliphatic rings. The molecule has 1 heterocycles. The Hall–Kier alpha value is -2.35. The van der Waals surface area contributed by atoms with Crippen LogP contribution in [0.25, 0.3) is 5.69 Å². The van der Waals surface area contributed by atoms with Crippen LogP contribution in [0.3, 0.4) is 0 Å². The number of hydrogen-bond donors (Lipinski definition) is 1. The minimum Gasteiger partial charge on any atom is -0.469 e. The second-order valence-electron chi connectivity index (χ2n) is 4.85. The fourth-order valence-corrected chi connectivity index (χ4v) is 2.37. The zero-order chi connectivity index (χ0) is 17.0. The van der Waals surface area contributed by atoms with E-state index < -0.39 is 23.8 Å². The van der Waals surface area contributed by atoms with E-state index in [1.807, 2.05) is 0 Å². The lowest BCUT2D eigenvalue weighted by Gasteiger charge is -2.17. The maximum atomic E-state index is 13.6. The van der Waals surface area contributed by atoms with Gasteiger partial charge in [-0.25, -0.2) is 4.68 Å². The van der Waals surface area contributed by atoms with Crippen molar-refractivity contribution >= 4 is 5.97 Å². The van der Waals surface area contributed by atoms with E-state index in [9.17, 15) is 18.0 Å². The molecule has 2 aromatic rings. The van der Waals surface area contributed by atoms with Gasteiger partial charge in [0.15, 0.2) is 5.69 Å². The monoisotopic (exact) mass is 327 g/mol. The summed E-state index contributed by atoms with van der Waals surface area (Å²) in [6, 6.07) is 7.90. The molecule has 0 radical (unpaired) electrons. The molecule has 23 heavy (non-hydrogen) atoms. The summed E-state index contributed by atoms with van der Waals surface area (Å²) in [7, 11) is 1.13. The predicted molar refractivity (Wildman–Crippen MR) is 77.0 cm³/mol. The fraction of sp³-hybridized carbons (Fsp3) is 0.333. The lowest BCUT2D eigenvalue weighted by atomic mass is 9.96. The van der Waals surface area contributed by atoms with Gasteiger partial charge in [0.1, 0.15) is 0 Å². The van der Waals surface area contributed by atoms with E-state index in [1.54, 1.807) is 18.2 Å². The molecule has 1 aromatic heterocycles. The molecule has 2 rings (SSSR count). The Bertz CT molecular complexity index is 668. The summed E-state index contributed by atoms with van der Waals surface area (Å²) in [5.41, 5.74) is 4.44. The molecule has 0 aliphatic heterocycles. The maximum absolute atomic E-state index is 13.6. The number of halogens is 3. The van der Waals surface area contributed by atoms with Gasteiger partial charge in [-0.15, -0.1) is 0 Å². The number of ether oxygens (including phenoxy) is 1. The summed E-state index contributed by atoms with van der Waals surface area (Å²) >= 11 is 0. The summed E-state index contributed by atoms with van der Waals surface area (Å²) in [5.74, 6) is -1.88. The first-order chi connectivity index (χ1) is 10.9. The fourth-order valence-electron chi connectivity index (χ4n) is 2.37.